The molecule has 5 nitrogen and oxygen atoms in total. The first-order valence-electron chi connectivity index (χ1n) is 10.0. The Morgan fingerprint density at radius 3 is 2.90 bits per heavy atom. The fourth-order valence-electron chi connectivity index (χ4n) is 3.36. The number of benzene rings is 1. The van der Waals surface area contributed by atoms with Crippen LogP contribution in [0.15, 0.2) is 34.4 Å². The van der Waals surface area contributed by atoms with Crippen molar-refractivity contribution >= 4 is 68.3 Å². The third kappa shape index (κ3) is 5.54. The molecule has 1 N–H and O–H groups in total. The molecule has 0 aliphatic carbocycles. The number of nitrogens with zero attached hydrogens (tertiary/aromatic N) is 2. The van der Waals surface area contributed by atoms with Gasteiger partial charge in [0.25, 0.3) is 0 Å². The molecule has 0 unspecified atom stereocenters. The maximum Gasteiger partial charge on any atom is 0.234 e. The Morgan fingerprint density at radius 1 is 1.35 bits per heavy atom. The Balaban J connectivity index is 1.63. The van der Waals surface area contributed by atoms with Crippen molar-refractivity contribution in [2.75, 3.05) is 11.1 Å². The number of thioether (sulfide) groups is 2. The van der Waals surface area contributed by atoms with E-state index in [-0.39, 0.29) is 17.3 Å². The van der Waals surface area contributed by atoms with Gasteiger partial charge < -0.3 is 10.1 Å². The summed E-state index contributed by atoms with van der Waals surface area (Å²) in [4.78, 5) is 24.4. The largest absolute Gasteiger partial charge is 0.370 e. The quantitative estimate of drug-likeness (QED) is 0.242. The fourth-order valence-corrected chi connectivity index (χ4v) is 6.40. The summed E-state index contributed by atoms with van der Waals surface area (Å²) in [5, 5.41) is 6.56. The van der Waals surface area contributed by atoms with Crippen molar-refractivity contribution in [2.45, 2.75) is 61.8 Å². The summed E-state index contributed by atoms with van der Waals surface area (Å²) in [6.07, 6.45) is 0.810. The minimum absolute atomic E-state index is 0.0927. The Labute approximate surface area is 199 Å². The van der Waals surface area contributed by atoms with E-state index in [1.165, 1.54) is 22.2 Å². The van der Waals surface area contributed by atoms with Gasteiger partial charge in [-0.2, -0.15) is 0 Å². The van der Waals surface area contributed by atoms with E-state index in [4.69, 9.17) is 26.3 Å². The van der Waals surface area contributed by atoms with Crippen LogP contribution in [0.3, 0.4) is 0 Å². The summed E-state index contributed by atoms with van der Waals surface area (Å²) in [5.74, 6) is 0.166. The fraction of sp³-hybridized carbons (Fsp3) is 0.409. The zero-order valence-electron chi connectivity index (χ0n) is 17.8. The third-order valence-corrected chi connectivity index (χ3v) is 7.84. The molecule has 3 heterocycles. The van der Waals surface area contributed by atoms with E-state index in [1.54, 1.807) is 35.2 Å². The number of rotatable bonds is 6. The van der Waals surface area contributed by atoms with Gasteiger partial charge in [-0.15, -0.1) is 11.3 Å². The minimum Gasteiger partial charge on any atom is -0.370 e. The maximum absolute atomic E-state index is 12.6. The van der Waals surface area contributed by atoms with Gasteiger partial charge in [-0.25, -0.2) is 9.97 Å². The van der Waals surface area contributed by atoms with Gasteiger partial charge in [0.05, 0.1) is 18.0 Å². The molecule has 164 valence electrons. The number of hydrogen-bond donors (Lipinski definition) is 1. The van der Waals surface area contributed by atoms with Crippen molar-refractivity contribution < 1.29 is 9.53 Å². The second kappa shape index (κ2) is 9.27. The molecule has 1 aliphatic rings. The van der Waals surface area contributed by atoms with Crippen LogP contribution in [0, 0.1) is 0 Å². The molecular weight excluding hydrogens is 470 g/mol. The van der Waals surface area contributed by atoms with E-state index in [1.807, 2.05) is 12.1 Å². The van der Waals surface area contributed by atoms with Gasteiger partial charge in [-0.3, -0.25) is 4.79 Å². The van der Waals surface area contributed by atoms with Crippen LogP contribution in [0.25, 0.3) is 10.2 Å². The normalized spacial score (nSPS) is 15.3. The summed E-state index contributed by atoms with van der Waals surface area (Å²) < 4.78 is 6.01. The number of halogens is 1. The standard InChI is InChI=1S/C22H24ClN3O2S3/c1-12(2)30-21-25-19(29-11-17(27)24-14-7-5-6-13(23)8-14)18-15-9-22(3,4)28-10-16(15)31-20(18)26-21/h5-8,12H,9-11H2,1-4H3,(H,24,27). The lowest BCUT2D eigenvalue weighted by Crippen LogP contribution is -2.31. The molecule has 0 bridgehead atoms. The molecule has 0 atom stereocenters. The van der Waals surface area contributed by atoms with E-state index in [0.29, 0.717) is 22.6 Å². The van der Waals surface area contributed by atoms with Gasteiger partial charge >= 0.3 is 0 Å². The summed E-state index contributed by atoms with van der Waals surface area (Å²) in [5.41, 5.74) is 1.72. The van der Waals surface area contributed by atoms with Crippen LogP contribution in [0.5, 0.6) is 0 Å². The molecule has 0 spiro atoms. The zero-order valence-corrected chi connectivity index (χ0v) is 21.0. The highest BCUT2D eigenvalue weighted by atomic mass is 35.5. The van der Waals surface area contributed by atoms with E-state index in [0.717, 1.165) is 26.8 Å². The number of nitrogens with one attached hydrogen (secondary N) is 1. The second-order valence-corrected chi connectivity index (χ2v) is 12.3. The van der Waals surface area contributed by atoms with Gasteiger partial charge in [-0.05, 0) is 37.6 Å². The Bertz CT molecular complexity index is 1130. The van der Waals surface area contributed by atoms with Crippen LogP contribution in [0.1, 0.15) is 38.1 Å². The first kappa shape index (κ1) is 22.9. The minimum atomic E-state index is -0.224. The molecule has 0 fully saturated rings. The summed E-state index contributed by atoms with van der Waals surface area (Å²) in [7, 11) is 0. The van der Waals surface area contributed by atoms with Crippen LogP contribution in [-0.4, -0.2) is 32.5 Å². The lowest BCUT2D eigenvalue weighted by atomic mass is 9.95. The van der Waals surface area contributed by atoms with Crippen molar-refractivity contribution in [3.05, 3.63) is 39.7 Å². The highest BCUT2D eigenvalue weighted by Crippen LogP contribution is 2.42. The monoisotopic (exact) mass is 493 g/mol. The van der Waals surface area contributed by atoms with Gasteiger partial charge in [0.2, 0.25) is 5.91 Å². The highest BCUT2D eigenvalue weighted by molar-refractivity contribution is 8.00. The molecule has 1 aliphatic heterocycles. The number of anilines is 1. The molecule has 4 rings (SSSR count). The van der Waals surface area contributed by atoms with Crippen LogP contribution < -0.4 is 5.32 Å². The number of hydrogen-bond acceptors (Lipinski definition) is 7. The predicted molar refractivity (Wildman–Crippen MR) is 132 cm³/mol. The van der Waals surface area contributed by atoms with Crippen molar-refractivity contribution in [2.24, 2.45) is 0 Å². The number of carbonyl (C=O) groups is 1. The second-order valence-electron chi connectivity index (χ2n) is 8.23. The van der Waals surface area contributed by atoms with E-state index < -0.39 is 0 Å². The Hall–Kier alpha value is -1.32. The molecule has 1 aromatic carbocycles. The first-order valence-corrected chi connectivity index (χ1v) is 13.1. The van der Waals surface area contributed by atoms with Gasteiger partial charge in [0.1, 0.15) is 9.86 Å². The molecule has 3 aromatic rings. The molecule has 0 saturated heterocycles. The molecule has 9 heteroatoms. The number of fused-ring (bicyclic) bond motifs is 3. The van der Waals surface area contributed by atoms with Crippen molar-refractivity contribution in [1.82, 2.24) is 9.97 Å². The first-order chi connectivity index (χ1) is 14.7. The van der Waals surface area contributed by atoms with Crippen molar-refractivity contribution in [1.29, 1.82) is 0 Å². The number of amides is 1. The average molecular weight is 494 g/mol. The molecule has 31 heavy (non-hydrogen) atoms. The summed E-state index contributed by atoms with van der Waals surface area (Å²) >= 11 is 10.8. The molecule has 2 aromatic heterocycles. The van der Waals surface area contributed by atoms with Crippen LogP contribution in [0.4, 0.5) is 5.69 Å². The van der Waals surface area contributed by atoms with Gasteiger partial charge in [0.15, 0.2) is 5.16 Å². The van der Waals surface area contributed by atoms with E-state index in [2.05, 4.69) is 33.0 Å². The van der Waals surface area contributed by atoms with Gasteiger partial charge in [-0.1, -0.05) is 55.0 Å². The number of ether oxygens (including phenoxy) is 1. The lowest BCUT2D eigenvalue weighted by molar-refractivity contribution is -0.113. The molecule has 0 saturated carbocycles. The molecular formula is C22H24ClN3O2S3. The predicted octanol–water partition coefficient (Wildman–Crippen LogP) is 6.43. The lowest BCUT2D eigenvalue weighted by Gasteiger charge is -2.30. The number of aromatic nitrogens is 2. The number of thiophene rings is 1. The van der Waals surface area contributed by atoms with E-state index in [9.17, 15) is 4.79 Å². The smallest absolute Gasteiger partial charge is 0.234 e. The zero-order chi connectivity index (χ0) is 22.2. The van der Waals surface area contributed by atoms with Crippen molar-refractivity contribution in [3.63, 3.8) is 0 Å². The van der Waals surface area contributed by atoms with Crippen molar-refractivity contribution in [3.8, 4) is 0 Å². The highest BCUT2D eigenvalue weighted by Gasteiger charge is 2.31. The van der Waals surface area contributed by atoms with Gasteiger partial charge in [0, 0.05) is 32.6 Å². The average Bonchev–Trinajstić information content (AvgIpc) is 3.02. The van der Waals surface area contributed by atoms with Crippen LogP contribution in [-0.2, 0) is 22.6 Å². The van der Waals surface area contributed by atoms with Crippen LogP contribution in [0.2, 0.25) is 5.02 Å². The summed E-state index contributed by atoms with van der Waals surface area (Å²) in [6.45, 7) is 9.05. The molecule has 1 amide bonds. The number of carbonyl (C=O) groups excluding carboxylic acids is 1. The van der Waals surface area contributed by atoms with Crippen LogP contribution >= 0.6 is 46.5 Å². The summed E-state index contributed by atoms with van der Waals surface area (Å²) in [6, 6.07) is 7.16. The topological polar surface area (TPSA) is 64.1 Å². The maximum atomic E-state index is 12.6. The Kier molecular flexibility index (Phi) is 6.84. The molecule has 0 radical (unpaired) electrons. The third-order valence-electron chi connectivity index (χ3n) is 4.67. The SMILES string of the molecule is CC(C)Sc1nc(SCC(=O)Nc2cccc(Cl)c2)c2c3c(sc2n1)COC(C)(C)C3. The van der Waals surface area contributed by atoms with E-state index >= 15 is 0 Å². The Morgan fingerprint density at radius 2 is 2.16 bits per heavy atom.